The van der Waals surface area contributed by atoms with E-state index in [1.807, 2.05) is 48.9 Å². The quantitative estimate of drug-likeness (QED) is 0.485. The standard InChI is InChI=1S/C27H33N5O4/c1-5-24(33)29-25-18(2)30-32(21-9-7-6-8-10-21)27(25)31-15-13-19(14-16-31)26(34)28-20-11-12-22(35-3)23(17-20)36-4/h6-12,17,19H,5,13-16H2,1-4H3,(H,28,34)(H,29,33). The molecule has 0 radical (unpaired) electrons. The molecule has 1 aliphatic rings. The van der Waals surface area contributed by atoms with E-state index < -0.39 is 0 Å². The van der Waals surface area contributed by atoms with E-state index in [0.717, 1.165) is 22.9 Å². The van der Waals surface area contributed by atoms with Gasteiger partial charge in [0, 0.05) is 37.2 Å². The van der Waals surface area contributed by atoms with Crippen LogP contribution in [0.4, 0.5) is 17.2 Å². The molecule has 1 aliphatic heterocycles. The highest BCUT2D eigenvalue weighted by molar-refractivity contribution is 5.95. The number of nitrogens with one attached hydrogen (secondary N) is 2. The van der Waals surface area contributed by atoms with Crippen molar-refractivity contribution < 1.29 is 19.1 Å². The van der Waals surface area contributed by atoms with E-state index in [4.69, 9.17) is 14.6 Å². The Kier molecular flexibility index (Phi) is 7.77. The molecule has 9 heteroatoms. The number of methoxy groups -OCH3 is 2. The highest BCUT2D eigenvalue weighted by atomic mass is 16.5. The van der Waals surface area contributed by atoms with Crippen molar-refractivity contribution in [3.8, 4) is 17.2 Å². The molecule has 4 rings (SSSR count). The number of carbonyl (C=O) groups excluding carboxylic acids is 2. The Hall–Kier alpha value is -4.01. The summed E-state index contributed by atoms with van der Waals surface area (Å²) >= 11 is 0. The molecule has 2 N–H and O–H groups in total. The van der Waals surface area contributed by atoms with Crippen LogP contribution >= 0.6 is 0 Å². The van der Waals surface area contributed by atoms with Crippen LogP contribution < -0.4 is 25.0 Å². The number of para-hydroxylation sites is 1. The maximum atomic E-state index is 13.0. The number of carbonyl (C=O) groups is 2. The first-order chi connectivity index (χ1) is 17.4. The summed E-state index contributed by atoms with van der Waals surface area (Å²) in [4.78, 5) is 27.5. The molecule has 36 heavy (non-hydrogen) atoms. The van der Waals surface area contributed by atoms with Crippen molar-refractivity contribution in [2.24, 2.45) is 5.92 Å². The molecule has 2 amide bonds. The van der Waals surface area contributed by atoms with Crippen molar-refractivity contribution in [3.63, 3.8) is 0 Å². The predicted octanol–water partition coefficient (Wildman–Crippen LogP) is 4.40. The fourth-order valence-electron chi connectivity index (χ4n) is 4.44. The van der Waals surface area contributed by atoms with E-state index in [1.165, 1.54) is 0 Å². The van der Waals surface area contributed by atoms with Gasteiger partial charge in [-0.15, -0.1) is 0 Å². The zero-order valence-corrected chi connectivity index (χ0v) is 21.2. The second kappa shape index (κ2) is 11.2. The number of aryl methyl sites for hydroxylation is 1. The number of anilines is 3. The fraction of sp³-hybridized carbons (Fsp3) is 0.370. The summed E-state index contributed by atoms with van der Waals surface area (Å²) in [5.74, 6) is 1.82. The van der Waals surface area contributed by atoms with Crippen LogP contribution in [-0.2, 0) is 9.59 Å². The Morgan fingerprint density at radius 1 is 1.00 bits per heavy atom. The fourth-order valence-corrected chi connectivity index (χ4v) is 4.44. The lowest BCUT2D eigenvalue weighted by molar-refractivity contribution is -0.120. The Labute approximate surface area is 211 Å². The van der Waals surface area contributed by atoms with Crippen molar-refractivity contribution in [3.05, 3.63) is 54.2 Å². The predicted molar refractivity (Wildman–Crippen MR) is 140 cm³/mol. The minimum atomic E-state index is -0.128. The SMILES string of the molecule is CCC(=O)Nc1c(C)nn(-c2ccccc2)c1N1CCC(C(=O)Nc2ccc(OC)c(OC)c2)CC1. The average molecular weight is 492 g/mol. The second-order valence-electron chi connectivity index (χ2n) is 8.75. The number of piperidine rings is 1. The molecule has 1 fully saturated rings. The van der Waals surface area contributed by atoms with Gasteiger partial charge in [0.15, 0.2) is 17.3 Å². The van der Waals surface area contributed by atoms with E-state index in [2.05, 4.69) is 15.5 Å². The van der Waals surface area contributed by atoms with Crippen LogP contribution in [0.3, 0.4) is 0 Å². The third-order valence-electron chi connectivity index (χ3n) is 6.44. The van der Waals surface area contributed by atoms with Crippen molar-refractivity contribution in [1.29, 1.82) is 0 Å². The third-order valence-corrected chi connectivity index (χ3v) is 6.44. The van der Waals surface area contributed by atoms with Gasteiger partial charge >= 0.3 is 0 Å². The lowest BCUT2D eigenvalue weighted by atomic mass is 9.95. The molecule has 0 atom stereocenters. The van der Waals surface area contributed by atoms with E-state index >= 15 is 0 Å². The number of ether oxygens (including phenoxy) is 2. The smallest absolute Gasteiger partial charge is 0.227 e. The molecule has 0 unspecified atom stereocenters. The summed E-state index contributed by atoms with van der Waals surface area (Å²) in [6, 6.07) is 15.2. The van der Waals surface area contributed by atoms with Gasteiger partial charge in [0.25, 0.3) is 0 Å². The van der Waals surface area contributed by atoms with E-state index in [1.54, 1.807) is 32.4 Å². The van der Waals surface area contributed by atoms with Gasteiger partial charge in [-0.2, -0.15) is 5.10 Å². The molecule has 2 aromatic carbocycles. The number of benzene rings is 2. The number of hydrogen-bond donors (Lipinski definition) is 2. The first-order valence-electron chi connectivity index (χ1n) is 12.2. The van der Waals surface area contributed by atoms with Crippen LogP contribution in [-0.4, -0.2) is 48.9 Å². The van der Waals surface area contributed by atoms with Gasteiger partial charge in [0.1, 0.15) is 5.69 Å². The van der Waals surface area contributed by atoms with E-state index in [-0.39, 0.29) is 17.7 Å². The second-order valence-corrected chi connectivity index (χ2v) is 8.75. The minimum Gasteiger partial charge on any atom is -0.493 e. The van der Waals surface area contributed by atoms with Crippen molar-refractivity contribution in [2.45, 2.75) is 33.1 Å². The summed E-state index contributed by atoms with van der Waals surface area (Å²) in [5, 5.41) is 10.8. The molecule has 1 saturated heterocycles. The summed E-state index contributed by atoms with van der Waals surface area (Å²) in [6.45, 7) is 5.06. The largest absolute Gasteiger partial charge is 0.493 e. The number of amides is 2. The lowest BCUT2D eigenvalue weighted by Crippen LogP contribution is -2.39. The van der Waals surface area contributed by atoms with Gasteiger partial charge in [-0.3, -0.25) is 9.59 Å². The summed E-state index contributed by atoms with van der Waals surface area (Å²) < 4.78 is 12.5. The third kappa shape index (κ3) is 5.30. The molecule has 190 valence electrons. The zero-order chi connectivity index (χ0) is 25.7. The van der Waals surface area contributed by atoms with Gasteiger partial charge in [-0.05, 0) is 44.0 Å². The van der Waals surface area contributed by atoms with Crippen LogP contribution in [0.15, 0.2) is 48.5 Å². The summed E-state index contributed by atoms with van der Waals surface area (Å²) in [7, 11) is 3.15. The number of hydrogen-bond acceptors (Lipinski definition) is 6. The first kappa shape index (κ1) is 25.1. The molecule has 0 spiro atoms. The summed E-state index contributed by atoms with van der Waals surface area (Å²) in [5.41, 5.74) is 3.06. The van der Waals surface area contributed by atoms with Crippen LogP contribution in [0.2, 0.25) is 0 Å². The van der Waals surface area contributed by atoms with Crippen LogP contribution in [0.1, 0.15) is 31.9 Å². The molecule has 1 aromatic heterocycles. The topological polar surface area (TPSA) is 97.7 Å². The van der Waals surface area contributed by atoms with Crippen molar-refractivity contribution >= 4 is 29.0 Å². The minimum absolute atomic E-state index is 0.0193. The molecular weight excluding hydrogens is 458 g/mol. The van der Waals surface area contributed by atoms with Gasteiger partial charge in [0.2, 0.25) is 11.8 Å². The number of nitrogens with zero attached hydrogens (tertiary/aromatic N) is 3. The lowest BCUT2D eigenvalue weighted by Gasteiger charge is -2.33. The maximum Gasteiger partial charge on any atom is 0.227 e. The molecule has 0 aliphatic carbocycles. The average Bonchev–Trinajstić information content (AvgIpc) is 3.24. The normalized spacial score (nSPS) is 13.8. The van der Waals surface area contributed by atoms with Crippen LogP contribution in [0, 0.1) is 12.8 Å². The van der Waals surface area contributed by atoms with Gasteiger partial charge in [0.05, 0.1) is 25.6 Å². The summed E-state index contributed by atoms with van der Waals surface area (Å²) in [6.07, 6.45) is 1.74. The van der Waals surface area contributed by atoms with Crippen LogP contribution in [0.5, 0.6) is 11.5 Å². The highest BCUT2D eigenvalue weighted by Gasteiger charge is 2.30. The number of rotatable bonds is 8. The number of aromatic nitrogens is 2. The van der Waals surface area contributed by atoms with E-state index in [0.29, 0.717) is 49.5 Å². The Morgan fingerprint density at radius 2 is 1.69 bits per heavy atom. The van der Waals surface area contributed by atoms with Gasteiger partial charge in [-0.25, -0.2) is 4.68 Å². The highest BCUT2D eigenvalue weighted by Crippen LogP contribution is 2.35. The first-order valence-corrected chi connectivity index (χ1v) is 12.2. The van der Waals surface area contributed by atoms with Crippen LogP contribution in [0.25, 0.3) is 5.69 Å². The molecular formula is C27H33N5O4. The molecule has 0 saturated carbocycles. The molecule has 9 nitrogen and oxygen atoms in total. The molecule has 0 bridgehead atoms. The van der Waals surface area contributed by atoms with Crippen molar-refractivity contribution in [2.75, 3.05) is 42.8 Å². The molecule has 3 aromatic rings. The Bertz CT molecular complexity index is 1220. The van der Waals surface area contributed by atoms with Crippen molar-refractivity contribution in [1.82, 2.24) is 9.78 Å². The Morgan fingerprint density at radius 3 is 2.33 bits per heavy atom. The molecule has 2 heterocycles. The van der Waals surface area contributed by atoms with Gasteiger partial charge < -0.3 is 25.0 Å². The Balaban J connectivity index is 1.51. The maximum absolute atomic E-state index is 13.0. The van der Waals surface area contributed by atoms with Gasteiger partial charge in [-0.1, -0.05) is 25.1 Å². The monoisotopic (exact) mass is 491 g/mol. The van der Waals surface area contributed by atoms with E-state index in [9.17, 15) is 9.59 Å². The zero-order valence-electron chi connectivity index (χ0n) is 21.2.